The number of hydrogen-bond acceptors (Lipinski definition) is 3. The maximum Gasteiger partial charge on any atom is 0.307 e. The van der Waals surface area contributed by atoms with Gasteiger partial charge in [0.05, 0.1) is 11.7 Å². The molecule has 0 heterocycles. The topological polar surface area (TPSA) is 35.5 Å². The van der Waals surface area contributed by atoms with Gasteiger partial charge >= 0.3 is 5.97 Å². The summed E-state index contributed by atoms with van der Waals surface area (Å²) in [6.45, 7) is 11.5. The van der Waals surface area contributed by atoms with Gasteiger partial charge in [0, 0.05) is 12.8 Å². The van der Waals surface area contributed by atoms with E-state index < -0.39 is 0 Å². The van der Waals surface area contributed by atoms with Gasteiger partial charge in [-0.25, -0.2) is 0 Å². The lowest BCUT2D eigenvalue weighted by Crippen LogP contribution is -2.21. The van der Waals surface area contributed by atoms with Crippen LogP contribution in [0.15, 0.2) is 11.3 Å². The second-order valence-corrected chi connectivity index (χ2v) is 5.57. The van der Waals surface area contributed by atoms with Gasteiger partial charge in [0.2, 0.25) is 0 Å². The molecule has 16 heavy (non-hydrogen) atoms. The molecule has 0 spiro atoms. The molecule has 92 valence electrons. The van der Waals surface area contributed by atoms with Crippen LogP contribution in [0.4, 0.5) is 0 Å². The quantitative estimate of drug-likeness (QED) is 0.548. The van der Waals surface area contributed by atoms with Crippen LogP contribution < -0.4 is 0 Å². The number of carbonyl (C=O) groups is 1. The van der Waals surface area contributed by atoms with Crippen LogP contribution in [-0.4, -0.2) is 17.7 Å². The monoisotopic (exact) mass is 226 g/mol. The zero-order chi connectivity index (χ0) is 12.5. The molecule has 1 fully saturated rings. The SMILES string of the molecule is CC(=O)OC(=C(C)C)[C@@H]1C[C@@H]1OC(C)(C)C. The van der Waals surface area contributed by atoms with Crippen LogP contribution in [0.3, 0.4) is 0 Å². The average molecular weight is 226 g/mol. The summed E-state index contributed by atoms with van der Waals surface area (Å²) in [5.41, 5.74) is 0.919. The van der Waals surface area contributed by atoms with Crippen molar-refractivity contribution in [2.24, 2.45) is 5.92 Å². The zero-order valence-corrected chi connectivity index (χ0v) is 11.1. The molecule has 1 saturated carbocycles. The first-order chi connectivity index (χ1) is 7.20. The summed E-state index contributed by atoms with van der Waals surface area (Å²) < 4.78 is 11.1. The van der Waals surface area contributed by atoms with Crippen molar-refractivity contribution < 1.29 is 14.3 Å². The van der Waals surface area contributed by atoms with Gasteiger partial charge in [-0.15, -0.1) is 0 Å². The number of ether oxygens (including phenoxy) is 2. The molecular formula is C13H22O3. The van der Waals surface area contributed by atoms with Crippen LogP contribution in [0.2, 0.25) is 0 Å². The van der Waals surface area contributed by atoms with Crippen molar-refractivity contribution in [1.29, 1.82) is 0 Å². The van der Waals surface area contributed by atoms with Crippen LogP contribution in [0, 0.1) is 5.92 Å². The Hall–Kier alpha value is -0.830. The van der Waals surface area contributed by atoms with E-state index in [-0.39, 0.29) is 23.6 Å². The fourth-order valence-electron chi connectivity index (χ4n) is 1.74. The first-order valence-corrected chi connectivity index (χ1v) is 5.74. The minimum absolute atomic E-state index is 0.137. The summed E-state index contributed by atoms with van der Waals surface area (Å²) >= 11 is 0. The lowest BCUT2D eigenvalue weighted by Gasteiger charge is -2.20. The highest BCUT2D eigenvalue weighted by atomic mass is 16.5. The second kappa shape index (κ2) is 4.58. The summed E-state index contributed by atoms with van der Waals surface area (Å²) in [4.78, 5) is 11.0. The molecule has 0 N–H and O–H groups in total. The van der Waals surface area contributed by atoms with Crippen molar-refractivity contribution in [3.8, 4) is 0 Å². The van der Waals surface area contributed by atoms with Crippen molar-refractivity contribution in [1.82, 2.24) is 0 Å². The molecule has 0 bridgehead atoms. The third-order valence-electron chi connectivity index (χ3n) is 2.32. The van der Waals surface area contributed by atoms with E-state index in [2.05, 4.69) is 0 Å². The van der Waals surface area contributed by atoms with E-state index in [1.807, 2.05) is 34.6 Å². The van der Waals surface area contributed by atoms with Gasteiger partial charge in [-0.05, 0) is 46.6 Å². The van der Waals surface area contributed by atoms with E-state index in [1.165, 1.54) is 6.92 Å². The molecule has 3 nitrogen and oxygen atoms in total. The smallest absolute Gasteiger partial charge is 0.307 e. The third-order valence-corrected chi connectivity index (χ3v) is 2.32. The van der Waals surface area contributed by atoms with E-state index >= 15 is 0 Å². The minimum atomic E-state index is -0.252. The summed E-state index contributed by atoms with van der Waals surface area (Å²) in [5.74, 6) is 0.799. The summed E-state index contributed by atoms with van der Waals surface area (Å²) in [5, 5.41) is 0. The molecule has 0 aromatic rings. The predicted octanol–water partition coefficient (Wildman–Crippen LogP) is 3.05. The average Bonchev–Trinajstić information content (AvgIpc) is 2.75. The van der Waals surface area contributed by atoms with Crippen molar-refractivity contribution in [2.45, 2.75) is 59.7 Å². The van der Waals surface area contributed by atoms with E-state index in [1.54, 1.807) is 0 Å². The lowest BCUT2D eigenvalue weighted by atomic mass is 10.2. The number of rotatable bonds is 3. The van der Waals surface area contributed by atoms with E-state index in [0.717, 1.165) is 17.8 Å². The Kier molecular flexibility index (Phi) is 3.79. The van der Waals surface area contributed by atoms with Gasteiger partial charge in [-0.3, -0.25) is 4.79 Å². The maximum absolute atomic E-state index is 11.0. The maximum atomic E-state index is 11.0. The Morgan fingerprint density at radius 1 is 1.19 bits per heavy atom. The molecule has 0 aliphatic heterocycles. The van der Waals surface area contributed by atoms with Gasteiger partial charge in [0.1, 0.15) is 5.76 Å². The first-order valence-electron chi connectivity index (χ1n) is 5.74. The van der Waals surface area contributed by atoms with E-state index in [0.29, 0.717) is 0 Å². The summed E-state index contributed by atoms with van der Waals surface area (Å²) in [7, 11) is 0. The number of esters is 1. The van der Waals surface area contributed by atoms with Gasteiger partial charge < -0.3 is 9.47 Å². The van der Waals surface area contributed by atoms with Gasteiger partial charge in [0.15, 0.2) is 0 Å². The molecule has 1 rings (SSSR count). The van der Waals surface area contributed by atoms with Crippen molar-refractivity contribution in [3.63, 3.8) is 0 Å². The Bertz CT molecular complexity index is 306. The van der Waals surface area contributed by atoms with Crippen LogP contribution in [0.1, 0.15) is 48.0 Å². The highest BCUT2D eigenvalue weighted by molar-refractivity contribution is 5.67. The Labute approximate surface area is 97.8 Å². The number of hydrogen-bond donors (Lipinski definition) is 0. The molecule has 0 amide bonds. The van der Waals surface area contributed by atoms with Gasteiger partial charge in [0.25, 0.3) is 0 Å². The highest BCUT2D eigenvalue weighted by Gasteiger charge is 2.45. The third kappa shape index (κ3) is 3.97. The zero-order valence-electron chi connectivity index (χ0n) is 11.1. The minimum Gasteiger partial charge on any atom is -0.431 e. The van der Waals surface area contributed by atoms with Gasteiger partial charge in [-0.2, -0.15) is 0 Å². The Morgan fingerprint density at radius 3 is 2.12 bits per heavy atom. The van der Waals surface area contributed by atoms with Crippen LogP contribution in [0.25, 0.3) is 0 Å². The van der Waals surface area contributed by atoms with E-state index in [9.17, 15) is 4.79 Å². The standard InChI is InChI=1S/C13H22O3/c1-8(2)12(15-9(3)14)10-7-11(10)16-13(4,5)6/h10-11H,7H2,1-6H3/t10-,11+/m1/s1. The summed E-state index contributed by atoms with van der Waals surface area (Å²) in [6, 6.07) is 0. The lowest BCUT2D eigenvalue weighted by molar-refractivity contribution is -0.137. The highest BCUT2D eigenvalue weighted by Crippen LogP contribution is 2.43. The number of carbonyl (C=O) groups excluding carboxylic acids is 1. The van der Waals surface area contributed by atoms with E-state index in [4.69, 9.17) is 9.47 Å². The summed E-state index contributed by atoms with van der Waals surface area (Å²) in [6.07, 6.45) is 1.15. The first kappa shape index (κ1) is 13.2. The second-order valence-electron chi connectivity index (χ2n) is 5.57. The van der Waals surface area contributed by atoms with Crippen molar-refractivity contribution in [3.05, 3.63) is 11.3 Å². The van der Waals surface area contributed by atoms with Crippen LogP contribution >= 0.6 is 0 Å². The number of allylic oxidation sites excluding steroid dienone is 1. The van der Waals surface area contributed by atoms with Crippen LogP contribution in [-0.2, 0) is 14.3 Å². The molecule has 2 atom stereocenters. The Balaban J connectivity index is 2.59. The molecule has 0 radical (unpaired) electrons. The van der Waals surface area contributed by atoms with Crippen molar-refractivity contribution in [2.75, 3.05) is 0 Å². The van der Waals surface area contributed by atoms with Gasteiger partial charge in [-0.1, -0.05) is 0 Å². The molecule has 1 aliphatic rings. The fourth-order valence-corrected chi connectivity index (χ4v) is 1.74. The normalized spacial score (nSPS) is 23.9. The van der Waals surface area contributed by atoms with Crippen molar-refractivity contribution >= 4 is 5.97 Å². The molecular weight excluding hydrogens is 204 g/mol. The largest absolute Gasteiger partial charge is 0.431 e. The molecule has 3 heteroatoms. The van der Waals surface area contributed by atoms with Crippen LogP contribution in [0.5, 0.6) is 0 Å². The molecule has 0 saturated heterocycles. The molecule has 0 aromatic heterocycles. The molecule has 0 unspecified atom stereocenters. The molecule has 0 aromatic carbocycles. The fraction of sp³-hybridized carbons (Fsp3) is 0.769. The Morgan fingerprint density at radius 2 is 1.75 bits per heavy atom. The molecule has 1 aliphatic carbocycles. The predicted molar refractivity (Wildman–Crippen MR) is 62.9 cm³/mol.